The summed E-state index contributed by atoms with van der Waals surface area (Å²) in [5.41, 5.74) is -0.736. The molecule has 0 saturated heterocycles. The standard InChI is InChI=1S/C16H28O4/c1-2-19-15(17)13-8-10-16(18,11-9-13)12-20-14-6-4-3-5-7-14/h13-14,18H,2-12H2,1H3. The van der Waals surface area contributed by atoms with E-state index in [4.69, 9.17) is 9.47 Å². The fraction of sp³-hybridized carbons (Fsp3) is 0.938. The van der Waals surface area contributed by atoms with E-state index >= 15 is 0 Å². The number of rotatable bonds is 5. The van der Waals surface area contributed by atoms with Crippen LogP contribution in [0.5, 0.6) is 0 Å². The minimum Gasteiger partial charge on any atom is -0.466 e. The van der Waals surface area contributed by atoms with E-state index in [2.05, 4.69) is 0 Å². The predicted octanol–water partition coefficient (Wildman–Crippen LogP) is 2.82. The van der Waals surface area contributed by atoms with Crippen LogP contribution < -0.4 is 0 Å². The van der Waals surface area contributed by atoms with Crippen molar-refractivity contribution in [1.82, 2.24) is 0 Å². The molecule has 0 aliphatic heterocycles. The van der Waals surface area contributed by atoms with Crippen LogP contribution in [0.2, 0.25) is 0 Å². The van der Waals surface area contributed by atoms with Gasteiger partial charge in [0.05, 0.1) is 30.8 Å². The van der Waals surface area contributed by atoms with Crippen LogP contribution in [-0.4, -0.2) is 36.0 Å². The number of ether oxygens (including phenoxy) is 2. The zero-order valence-electron chi connectivity index (χ0n) is 12.6. The fourth-order valence-corrected chi connectivity index (χ4v) is 3.30. The zero-order valence-corrected chi connectivity index (χ0v) is 12.6. The molecule has 2 fully saturated rings. The molecule has 2 rings (SSSR count). The molecule has 0 unspecified atom stereocenters. The third-order valence-corrected chi connectivity index (χ3v) is 4.68. The second-order valence-corrected chi connectivity index (χ2v) is 6.32. The Kier molecular flexibility index (Phi) is 5.85. The van der Waals surface area contributed by atoms with Gasteiger partial charge in [-0.15, -0.1) is 0 Å². The summed E-state index contributed by atoms with van der Waals surface area (Å²) in [5.74, 6) is -0.146. The molecule has 0 radical (unpaired) electrons. The highest BCUT2D eigenvalue weighted by Gasteiger charge is 2.37. The predicted molar refractivity (Wildman–Crippen MR) is 76.4 cm³/mol. The van der Waals surface area contributed by atoms with Gasteiger partial charge in [-0.05, 0) is 45.4 Å². The minimum absolute atomic E-state index is 0.0371. The first-order chi connectivity index (χ1) is 9.63. The Morgan fingerprint density at radius 2 is 1.80 bits per heavy atom. The minimum atomic E-state index is -0.736. The molecule has 0 heterocycles. The molecule has 116 valence electrons. The third kappa shape index (κ3) is 4.45. The van der Waals surface area contributed by atoms with Gasteiger partial charge in [-0.1, -0.05) is 19.3 Å². The van der Waals surface area contributed by atoms with Gasteiger partial charge in [-0.2, -0.15) is 0 Å². The van der Waals surface area contributed by atoms with Gasteiger partial charge in [0.15, 0.2) is 0 Å². The van der Waals surface area contributed by atoms with Crippen molar-refractivity contribution < 1.29 is 19.4 Å². The van der Waals surface area contributed by atoms with Crippen LogP contribution in [0.25, 0.3) is 0 Å². The Hall–Kier alpha value is -0.610. The quantitative estimate of drug-likeness (QED) is 0.789. The first-order valence-corrected chi connectivity index (χ1v) is 8.13. The normalized spacial score (nSPS) is 32.0. The van der Waals surface area contributed by atoms with Gasteiger partial charge in [0.25, 0.3) is 0 Å². The van der Waals surface area contributed by atoms with Gasteiger partial charge >= 0.3 is 5.97 Å². The molecule has 0 atom stereocenters. The molecule has 0 aromatic rings. The second kappa shape index (κ2) is 7.41. The number of hydrogen-bond acceptors (Lipinski definition) is 4. The summed E-state index contributed by atoms with van der Waals surface area (Å²) in [4.78, 5) is 11.7. The third-order valence-electron chi connectivity index (χ3n) is 4.68. The lowest BCUT2D eigenvalue weighted by Crippen LogP contribution is -2.41. The molecule has 0 spiro atoms. The molecule has 20 heavy (non-hydrogen) atoms. The monoisotopic (exact) mass is 284 g/mol. The van der Waals surface area contributed by atoms with Crippen LogP contribution in [0.1, 0.15) is 64.7 Å². The largest absolute Gasteiger partial charge is 0.466 e. The first-order valence-electron chi connectivity index (χ1n) is 8.13. The summed E-state index contributed by atoms with van der Waals surface area (Å²) >= 11 is 0. The summed E-state index contributed by atoms with van der Waals surface area (Å²) in [6, 6.07) is 0. The summed E-state index contributed by atoms with van der Waals surface area (Å²) in [6.45, 7) is 2.69. The average molecular weight is 284 g/mol. The average Bonchev–Trinajstić information content (AvgIpc) is 2.47. The van der Waals surface area contributed by atoms with Crippen LogP contribution in [-0.2, 0) is 14.3 Å². The van der Waals surface area contributed by atoms with Gasteiger partial charge in [-0.3, -0.25) is 4.79 Å². The van der Waals surface area contributed by atoms with E-state index in [1.807, 2.05) is 6.92 Å². The number of carbonyl (C=O) groups excluding carboxylic acids is 1. The van der Waals surface area contributed by atoms with E-state index in [1.54, 1.807) is 0 Å². The molecule has 0 bridgehead atoms. The maximum absolute atomic E-state index is 11.7. The lowest BCUT2D eigenvalue weighted by atomic mass is 9.79. The van der Waals surface area contributed by atoms with Crippen molar-refractivity contribution in [1.29, 1.82) is 0 Å². The Labute approximate surface area is 121 Å². The van der Waals surface area contributed by atoms with E-state index in [9.17, 15) is 9.90 Å². The lowest BCUT2D eigenvalue weighted by molar-refractivity contribution is -0.153. The number of hydrogen-bond donors (Lipinski definition) is 1. The fourth-order valence-electron chi connectivity index (χ4n) is 3.30. The maximum Gasteiger partial charge on any atom is 0.308 e. The molecule has 1 N–H and O–H groups in total. The topological polar surface area (TPSA) is 55.8 Å². The highest BCUT2D eigenvalue weighted by Crippen LogP contribution is 2.34. The van der Waals surface area contributed by atoms with Gasteiger partial charge in [0.2, 0.25) is 0 Å². The summed E-state index contributed by atoms with van der Waals surface area (Å²) in [5, 5.41) is 10.6. The van der Waals surface area contributed by atoms with Crippen LogP contribution in [0, 0.1) is 5.92 Å². The Morgan fingerprint density at radius 1 is 1.15 bits per heavy atom. The highest BCUT2D eigenvalue weighted by atomic mass is 16.5. The van der Waals surface area contributed by atoms with E-state index in [0.29, 0.717) is 45.0 Å². The van der Waals surface area contributed by atoms with Gasteiger partial charge in [0, 0.05) is 0 Å². The molecule has 2 saturated carbocycles. The summed E-state index contributed by atoms with van der Waals surface area (Å²) in [7, 11) is 0. The summed E-state index contributed by atoms with van der Waals surface area (Å²) < 4.78 is 11.0. The summed E-state index contributed by atoms with van der Waals surface area (Å²) in [6.07, 6.45) is 9.09. The van der Waals surface area contributed by atoms with Crippen LogP contribution in [0.3, 0.4) is 0 Å². The lowest BCUT2D eigenvalue weighted by Gasteiger charge is -2.36. The van der Waals surface area contributed by atoms with Gasteiger partial charge < -0.3 is 14.6 Å². The van der Waals surface area contributed by atoms with Crippen molar-refractivity contribution >= 4 is 5.97 Å². The van der Waals surface area contributed by atoms with Crippen molar-refractivity contribution in [3.05, 3.63) is 0 Å². The molecule has 4 nitrogen and oxygen atoms in total. The molecule has 0 amide bonds. The van der Waals surface area contributed by atoms with Crippen LogP contribution in [0.15, 0.2) is 0 Å². The van der Waals surface area contributed by atoms with Crippen LogP contribution >= 0.6 is 0 Å². The van der Waals surface area contributed by atoms with Gasteiger partial charge in [0.1, 0.15) is 0 Å². The Morgan fingerprint density at radius 3 is 2.40 bits per heavy atom. The van der Waals surface area contributed by atoms with Crippen molar-refractivity contribution in [3.63, 3.8) is 0 Å². The molecule has 2 aliphatic rings. The Balaban J connectivity index is 1.71. The number of aliphatic hydroxyl groups is 1. The molecule has 2 aliphatic carbocycles. The molecular weight excluding hydrogens is 256 g/mol. The molecule has 0 aromatic carbocycles. The molecular formula is C16H28O4. The zero-order chi connectivity index (χ0) is 14.4. The first kappa shape index (κ1) is 15.8. The van der Waals surface area contributed by atoms with E-state index in [0.717, 1.165) is 12.8 Å². The highest BCUT2D eigenvalue weighted by molar-refractivity contribution is 5.72. The smallest absolute Gasteiger partial charge is 0.308 e. The van der Waals surface area contributed by atoms with Crippen molar-refractivity contribution in [2.75, 3.05) is 13.2 Å². The van der Waals surface area contributed by atoms with E-state index in [-0.39, 0.29) is 11.9 Å². The van der Waals surface area contributed by atoms with E-state index < -0.39 is 5.60 Å². The number of carbonyl (C=O) groups is 1. The Bertz CT molecular complexity index is 302. The van der Waals surface area contributed by atoms with Crippen molar-refractivity contribution in [2.45, 2.75) is 76.4 Å². The molecule has 0 aromatic heterocycles. The van der Waals surface area contributed by atoms with Crippen molar-refractivity contribution in [2.24, 2.45) is 5.92 Å². The van der Waals surface area contributed by atoms with Gasteiger partial charge in [-0.25, -0.2) is 0 Å². The SMILES string of the molecule is CCOC(=O)C1CCC(O)(COC2CCCCC2)CC1. The second-order valence-electron chi connectivity index (χ2n) is 6.32. The van der Waals surface area contributed by atoms with Crippen LogP contribution in [0.4, 0.5) is 0 Å². The molecule has 4 heteroatoms. The van der Waals surface area contributed by atoms with E-state index in [1.165, 1.54) is 19.3 Å². The van der Waals surface area contributed by atoms with Crippen molar-refractivity contribution in [3.8, 4) is 0 Å². The maximum atomic E-state index is 11.7. The number of esters is 1.